The van der Waals surface area contributed by atoms with E-state index in [4.69, 9.17) is 14.2 Å². The molecule has 0 spiro atoms. The van der Waals surface area contributed by atoms with E-state index in [-0.39, 0.29) is 5.91 Å². The first-order valence-electron chi connectivity index (χ1n) is 9.70. The van der Waals surface area contributed by atoms with Crippen molar-refractivity contribution >= 4 is 28.5 Å². The number of ether oxygens (including phenoxy) is 3. The predicted octanol–water partition coefficient (Wildman–Crippen LogP) is 4.56. The molecule has 0 saturated heterocycles. The first-order chi connectivity index (χ1) is 15.0. The highest BCUT2D eigenvalue weighted by molar-refractivity contribution is 7.15. The van der Waals surface area contributed by atoms with Crippen LogP contribution in [0.15, 0.2) is 48.5 Å². The third-order valence-corrected chi connectivity index (χ3v) is 5.52. The average molecular weight is 440 g/mol. The molecule has 1 N–H and O–H groups in total. The summed E-state index contributed by atoms with van der Waals surface area (Å²) in [6.45, 7) is 2.15. The molecule has 0 aliphatic rings. The molecule has 1 aromatic heterocycles. The molecule has 31 heavy (non-hydrogen) atoms. The van der Waals surface area contributed by atoms with Gasteiger partial charge in [-0.05, 0) is 35.3 Å². The molecule has 0 saturated carbocycles. The van der Waals surface area contributed by atoms with Crippen molar-refractivity contribution in [2.75, 3.05) is 26.6 Å². The number of nitrogens with one attached hydrogen (secondary N) is 1. The first-order valence-corrected chi connectivity index (χ1v) is 10.5. The lowest BCUT2D eigenvalue weighted by molar-refractivity contribution is -0.111. The molecule has 3 rings (SSSR count). The first kappa shape index (κ1) is 22.3. The van der Waals surface area contributed by atoms with Crippen molar-refractivity contribution in [3.63, 3.8) is 0 Å². The molecule has 0 fully saturated rings. The minimum atomic E-state index is -0.299. The van der Waals surface area contributed by atoms with E-state index in [1.807, 2.05) is 18.2 Å². The normalized spacial score (nSPS) is 11.9. The highest BCUT2D eigenvalue weighted by atomic mass is 32.1. The molecule has 0 aliphatic heterocycles. The molecule has 7 nitrogen and oxygen atoms in total. The van der Waals surface area contributed by atoms with Gasteiger partial charge in [0.2, 0.25) is 16.8 Å². The second-order valence-corrected chi connectivity index (χ2v) is 7.86. The van der Waals surface area contributed by atoms with E-state index in [2.05, 4.69) is 34.6 Å². The van der Waals surface area contributed by atoms with Gasteiger partial charge in [-0.1, -0.05) is 48.6 Å². The Bertz CT molecular complexity index is 1020. The summed E-state index contributed by atoms with van der Waals surface area (Å²) in [4.78, 5) is 12.3. The zero-order valence-corrected chi connectivity index (χ0v) is 18.7. The molecule has 162 valence electrons. The van der Waals surface area contributed by atoms with Crippen molar-refractivity contribution in [3.8, 4) is 17.2 Å². The molecule has 3 aromatic rings. The molecule has 8 heteroatoms. The van der Waals surface area contributed by atoms with Crippen LogP contribution in [-0.4, -0.2) is 37.4 Å². The minimum absolute atomic E-state index is 0.299. The van der Waals surface area contributed by atoms with Crippen molar-refractivity contribution in [1.29, 1.82) is 0 Å². The molecule has 1 amide bonds. The predicted molar refractivity (Wildman–Crippen MR) is 122 cm³/mol. The number of methoxy groups -OCH3 is 3. The highest BCUT2D eigenvalue weighted by Gasteiger charge is 2.13. The third kappa shape index (κ3) is 5.82. The third-order valence-electron chi connectivity index (χ3n) is 4.66. The lowest BCUT2D eigenvalue weighted by Crippen LogP contribution is -2.07. The Balaban J connectivity index is 1.63. The SMILES string of the molecule is COc1cc(/C=C/C(=O)Nc2nnc(CC(C)c3ccccc3)s2)cc(OC)c1OC. The maximum atomic E-state index is 12.3. The topological polar surface area (TPSA) is 82.6 Å². The van der Waals surface area contributed by atoms with Crippen molar-refractivity contribution < 1.29 is 19.0 Å². The fraction of sp³-hybridized carbons (Fsp3) is 0.261. The highest BCUT2D eigenvalue weighted by Crippen LogP contribution is 2.38. The number of benzene rings is 2. The van der Waals surface area contributed by atoms with E-state index in [0.717, 1.165) is 17.0 Å². The molecule has 1 atom stereocenters. The molecule has 0 bridgehead atoms. The molecular formula is C23H25N3O4S. The van der Waals surface area contributed by atoms with Gasteiger partial charge in [-0.2, -0.15) is 0 Å². The van der Waals surface area contributed by atoms with Crippen LogP contribution in [0.4, 0.5) is 5.13 Å². The van der Waals surface area contributed by atoms with Gasteiger partial charge in [-0.25, -0.2) is 0 Å². The summed E-state index contributed by atoms with van der Waals surface area (Å²) in [6.07, 6.45) is 3.85. The number of rotatable bonds is 9. The summed E-state index contributed by atoms with van der Waals surface area (Å²) in [5, 5.41) is 12.4. The molecule has 0 radical (unpaired) electrons. The quantitative estimate of drug-likeness (QED) is 0.492. The lowest BCUT2D eigenvalue weighted by atomic mass is 9.98. The second-order valence-electron chi connectivity index (χ2n) is 6.80. The summed E-state index contributed by atoms with van der Waals surface area (Å²) in [6, 6.07) is 13.8. The van der Waals surface area contributed by atoms with E-state index in [0.29, 0.717) is 28.3 Å². The van der Waals surface area contributed by atoms with E-state index in [1.54, 1.807) is 39.5 Å². The van der Waals surface area contributed by atoms with Gasteiger partial charge in [-0.15, -0.1) is 10.2 Å². The Labute approximate surface area is 185 Å². The Morgan fingerprint density at radius 3 is 2.35 bits per heavy atom. The van der Waals surface area contributed by atoms with Gasteiger partial charge in [0.15, 0.2) is 11.5 Å². The zero-order chi connectivity index (χ0) is 22.2. The van der Waals surface area contributed by atoms with E-state index < -0.39 is 0 Å². The summed E-state index contributed by atoms with van der Waals surface area (Å²) in [7, 11) is 4.63. The van der Waals surface area contributed by atoms with Crippen LogP contribution in [0.25, 0.3) is 6.08 Å². The molecule has 0 aliphatic carbocycles. The average Bonchev–Trinajstić information content (AvgIpc) is 3.23. The van der Waals surface area contributed by atoms with Gasteiger partial charge >= 0.3 is 0 Å². The Morgan fingerprint density at radius 1 is 1.06 bits per heavy atom. The van der Waals surface area contributed by atoms with E-state index >= 15 is 0 Å². The number of carbonyl (C=O) groups is 1. The Hall–Kier alpha value is -3.39. The number of aromatic nitrogens is 2. The van der Waals surface area contributed by atoms with Crippen molar-refractivity contribution in [2.45, 2.75) is 19.3 Å². The van der Waals surface area contributed by atoms with Crippen LogP contribution in [0.2, 0.25) is 0 Å². The van der Waals surface area contributed by atoms with Gasteiger partial charge in [0.25, 0.3) is 0 Å². The van der Waals surface area contributed by atoms with Crippen molar-refractivity contribution in [2.24, 2.45) is 0 Å². The number of hydrogen-bond acceptors (Lipinski definition) is 7. The Morgan fingerprint density at radius 2 is 1.74 bits per heavy atom. The van der Waals surface area contributed by atoms with Crippen LogP contribution in [0.1, 0.15) is 29.0 Å². The molecule has 2 aromatic carbocycles. The number of amides is 1. The number of carbonyl (C=O) groups excluding carboxylic acids is 1. The summed E-state index contributed by atoms with van der Waals surface area (Å²) in [5.74, 6) is 1.55. The minimum Gasteiger partial charge on any atom is -0.493 e. The van der Waals surface area contributed by atoms with Crippen LogP contribution in [0, 0.1) is 0 Å². The number of nitrogens with zero attached hydrogens (tertiary/aromatic N) is 2. The maximum Gasteiger partial charge on any atom is 0.250 e. The second kappa shape index (κ2) is 10.6. The van der Waals surface area contributed by atoms with E-state index in [1.165, 1.54) is 23.0 Å². The summed E-state index contributed by atoms with van der Waals surface area (Å²) >= 11 is 1.38. The van der Waals surface area contributed by atoms with Crippen LogP contribution < -0.4 is 19.5 Å². The number of anilines is 1. The number of hydrogen-bond donors (Lipinski definition) is 1. The van der Waals surface area contributed by atoms with Gasteiger partial charge < -0.3 is 14.2 Å². The van der Waals surface area contributed by atoms with Crippen LogP contribution in [-0.2, 0) is 11.2 Å². The van der Waals surface area contributed by atoms with Crippen molar-refractivity contribution in [3.05, 3.63) is 64.7 Å². The fourth-order valence-electron chi connectivity index (χ4n) is 3.06. The van der Waals surface area contributed by atoms with Crippen LogP contribution >= 0.6 is 11.3 Å². The van der Waals surface area contributed by atoms with Crippen molar-refractivity contribution in [1.82, 2.24) is 10.2 Å². The molecular weight excluding hydrogens is 414 g/mol. The molecule has 1 unspecified atom stereocenters. The van der Waals surface area contributed by atoms with Crippen LogP contribution in [0.5, 0.6) is 17.2 Å². The molecule has 1 heterocycles. The Kier molecular flexibility index (Phi) is 7.61. The van der Waals surface area contributed by atoms with E-state index in [9.17, 15) is 4.79 Å². The summed E-state index contributed by atoms with van der Waals surface area (Å²) < 4.78 is 16.0. The van der Waals surface area contributed by atoms with Crippen LogP contribution in [0.3, 0.4) is 0 Å². The maximum absolute atomic E-state index is 12.3. The van der Waals surface area contributed by atoms with Gasteiger partial charge in [-0.3, -0.25) is 10.1 Å². The zero-order valence-electron chi connectivity index (χ0n) is 17.9. The van der Waals surface area contributed by atoms with Gasteiger partial charge in [0.1, 0.15) is 5.01 Å². The van der Waals surface area contributed by atoms with Gasteiger partial charge in [0.05, 0.1) is 21.3 Å². The largest absolute Gasteiger partial charge is 0.493 e. The standard InChI is InChI=1S/C23H25N3O4S/c1-15(17-8-6-5-7-9-17)12-21-25-26-23(31-21)24-20(27)11-10-16-13-18(28-2)22(30-4)19(14-16)29-3/h5-11,13-15H,12H2,1-4H3,(H,24,26,27)/b11-10+. The summed E-state index contributed by atoms with van der Waals surface area (Å²) in [5.41, 5.74) is 1.98. The smallest absolute Gasteiger partial charge is 0.250 e. The lowest BCUT2D eigenvalue weighted by Gasteiger charge is -2.12. The fourth-order valence-corrected chi connectivity index (χ4v) is 3.94. The van der Waals surface area contributed by atoms with Gasteiger partial charge in [0, 0.05) is 12.5 Å². The monoisotopic (exact) mass is 439 g/mol.